The molecule has 0 amide bonds. The molecule has 0 spiro atoms. The molecule has 0 fully saturated rings. The number of benzene rings is 2. The molecule has 0 aliphatic carbocycles. The topological polar surface area (TPSA) is 38.9 Å². The summed E-state index contributed by atoms with van der Waals surface area (Å²) in [5.74, 6) is 0.878. The first-order chi connectivity index (χ1) is 14.2. The van der Waals surface area contributed by atoms with Crippen LogP contribution in [-0.2, 0) is 0 Å². The van der Waals surface area contributed by atoms with Crippen LogP contribution >= 0.6 is 0 Å². The van der Waals surface area contributed by atoms with E-state index >= 15 is 0 Å². The number of hydrogen-bond acceptors (Lipinski definition) is 3. The molecule has 29 heavy (non-hydrogen) atoms. The van der Waals surface area contributed by atoms with Gasteiger partial charge in [0.2, 0.25) is 0 Å². The quantitative estimate of drug-likeness (QED) is 0.346. The van der Waals surface area contributed by atoms with Crippen LogP contribution in [0.2, 0.25) is 0 Å². The molecular weight excluding hydrogens is 356 g/mol. The van der Waals surface area contributed by atoms with Gasteiger partial charge in [0, 0.05) is 40.7 Å². The summed E-state index contributed by atoms with van der Waals surface area (Å²) in [5, 5.41) is 1.13. The number of nitrogens with zero attached hydrogens (tertiary/aromatic N) is 2. The minimum Gasteiger partial charge on any atom is -0.456 e. The van der Waals surface area contributed by atoms with Crippen LogP contribution in [0.1, 0.15) is 11.1 Å². The van der Waals surface area contributed by atoms with Gasteiger partial charge in [-0.2, -0.15) is 0 Å². The highest BCUT2D eigenvalue weighted by molar-refractivity contribution is 5.91. The van der Waals surface area contributed by atoms with Crippen molar-refractivity contribution in [3.63, 3.8) is 0 Å². The lowest BCUT2D eigenvalue weighted by Gasteiger charge is -2.06. The van der Waals surface area contributed by atoms with E-state index in [0.717, 1.165) is 50.2 Å². The van der Waals surface area contributed by atoms with Crippen molar-refractivity contribution in [2.75, 3.05) is 0 Å². The number of aromatic nitrogens is 2. The van der Waals surface area contributed by atoms with Crippen molar-refractivity contribution in [3.8, 4) is 33.7 Å². The van der Waals surface area contributed by atoms with E-state index in [9.17, 15) is 0 Å². The van der Waals surface area contributed by atoms with Crippen molar-refractivity contribution in [3.05, 3.63) is 96.4 Å². The summed E-state index contributed by atoms with van der Waals surface area (Å²) in [6, 6.07) is 23.0. The third kappa shape index (κ3) is 3.21. The standard InChI is InChI=1S/C26H20N2O/c1-17-10-12-28-24(13-17)21-6-3-5-19(14-21)20-8-9-25-23(15-20)18(2)26(29-25)22-7-4-11-27-16-22/h3-16H,1-2H3. The Morgan fingerprint density at radius 3 is 2.38 bits per heavy atom. The second-order valence-electron chi connectivity index (χ2n) is 7.31. The van der Waals surface area contributed by atoms with Crippen molar-refractivity contribution in [1.82, 2.24) is 9.97 Å². The smallest absolute Gasteiger partial charge is 0.139 e. The molecule has 0 unspecified atom stereocenters. The Morgan fingerprint density at radius 2 is 1.55 bits per heavy atom. The third-order valence-electron chi connectivity index (χ3n) is 5.27. The van der Waals surface area contributed by atoms with Gasteiger partial charge in [-0.25, -0.2) is 0 Å². The predicted molar refractivity (Wildman–Crippen MR) is 118 cm³/mol. The summed E-state index contributed by atoms with van der Waals surface area (Å²) in [4.78, 5) is 8.74. The lowest BCUT2D eigenvalue weighted by Crippen LogP contribution is -1.86. The molecule has 0 radical (unpaired) electrons. The van der Waals surface area contributed by atoms with Gasteiger partial charge in [-0.05, 0) is 73.0 Å². The normalized spacial score (nSPS) is 11.1. The van der Waals surface area contributed by atoms with E-state index in [1.165, 1.54) is 5.56 Å². The van der Waals surface area contributed by atoms with E-state index in [0.29, 0.717) is 0 Å². The Balaban J connectivity index is 1.59. The predicted octanol–water partition coefficient (Wildman–Crippen LogP) is 6.84. The van der Waals surface area contributed by atoms with Gasteiger partial charge >= 0.3 is 0 Å². The highest BCUT2D eigenvalue weighted by atomic mass is 16.3. The fourth-order valence-corrected chi connectivity index (χ4v) is 3.73. The molecule has 3 nitrogen and oxygen atoms in total. The van der Waals surface area contributed by atoms with E-state index in [1.54, 1.807) is 6.20 Å². The number of furan rings is 1. The molecule has 5 rings (SSSR count). The Kier molecular flexibility index (Phi) is 4.21. The van der Waals surface area contributed by atoms with Crippen LogP contribution < -0.4 is 0 Å². The van der Waals surface area contributed by atoms with Crippen LogP contribution in [0.4, 0.5) is 0 Å². The van der Waals surface area contributed by atoms with Crippen LogP contribution in [0.3, 0.4) is 0 Å². The number of rotatable bonds is 3. The minimum atomic E-state index is 0.878. The molecule has 140 valence electrons. The van der Waals surface area contributed by atoms with E-state index in [4.69, 9.17) is 4.42 Å². The van der Waals surface area contributed by atoms with E-state index in [-0.39, 0.29) is 0 Å². The number of aryl methyl sites for hydroxylation is 2. The van der Waals surface area contributed by atoms with Crippen molar-refractivity contribution in [2.45, 2.75) is 13.8 Å². The lowest BCUT2D eigenvalue weighted by molar-refractivity contribution is 0.629. The Labute approximate surface area is 169 Å². The second kappa shape index (κ2) is 7.02. The minimum absolute atomic E-state index is 0.878. The average molecular weight is 376 g/mol. The monoisotopic (exact) mass is 376 g/mol. The molecular formula is C26H20N2O. The second-order valence-corrected chi connectivity index (χ2v) is 7.31. The van der Waals surface area contributed by atoms with Gasteiger partial charge in [-0.3, -0.25) is 9.97 Å². The highest BCUT2D eigenvalue weighted by Crippen LogP contribution is 2.35. The number of fused-ring (bicyclic) bond motifs is 1. The Bertz CT molecular complexity index is 1320. The number of pyridine rings is 2. The van der Waals surface area contributed by atoms with Crippen molar-refractivity contribution < 1.29 is 4.42 Å². The summed E-state index contributed by atoms with van der Waals surface area (Å²) in [6.07, 6.45) is 5.47. The maximum Gasteiger partial charge on any atom is 0.139 e. The maximum absolute atomic E-state index is 6.13. The zero-order chi connectivity index (χ0) is 19.8. The largest absolute Gasteiger partial charge is 0.456 e. The van der Waals surface area contributed by atoms with Gasteiger partial charge < -0.3 is 4.42 Å². The van der Waals surface area contributed by atoms with E-state index < -0.39 is 0 Å². The zero-order valence-electron chi connectivity index (χ0n) is 16.4. The van der Waals surface area contributed by atoms with Gasteiger partial charge in [-0.15, -0.1) is 0 Å². The zero-order valence-corrected chi connectivity index (χ0v) is 16.4. The molecule has 3 heteroatoms. The van der Waals surface area contributed by atoms with Crippen molar-refractivity contribution in [1.29, 1.82) is 0 Å². The summed E-state index contributed by atoms with van der Waals surface area (Å²) < 4.78 is 6.13. The Hall–Kier alpha value is -3.72. The first kappa shape index (κ1) is 17.4. The molecule has 3 aromatic heterocycles. The summed E-state index contributed by atoms with van der Waals surface area (Å²) in [7, 11) is 0. The molecule has 2 aromatic carbocycles. The summed E-state index contributed by atoms with van der Waals surface area (Å²) in [6.45, 7) is 4.19. The van der Waals surface area contributed by atoms with Gasteiger partial charge in [0.05, 0.1) is 5.69 Å². The van der Waals surface area contributed by atoms with Crippen LogP contribution in [0.25, 0.3) is 44.7 Å². The summed E-state index contributed by atoms with van der Waals surface area (Å²) >= 11 is 0. The lowest BCUT2D eigenvalue weighted by atomic mass is 9.99. The van der Waals surface area contributed by atoms with Crippen LogP contribution in [0, 0.1) is 13.8 Å². The van der Waals surface area contributed by atoms with Crippen molar-refractivity contribution >= 4 is 11.0 Å². The maximum atomic E-state index is 6.13. The molecule has 5 aromatic rings. The molecule has 0 aliphatic heterocycles. The first-order valence-electron chi connectivity index (χ1n) is 9.66. The molecule has 0 saturated heterocycles. The van der Waals surface area contributed by atoms with Crippen LogP contribution in [-0.4, -0.2) is 9.97 Å². The van der Waals surface area contributed by atoms with E-state index in [1.807, 2.05) is 30.6 Å². The molecule has 0 atom stereocenters. The fourth-order valence-electron chi connectivity index (χ4n) is 3.73. The third-order valence-corrected chi connectivity index (χ3v) is 5.27. The molecule has 0 aliphatic rings. The van der Waals surface area contributed by atoms with Gasteiger partial charge in [0.15, 0.2) is 0 Å². The molecule has 0 saturated carbocycles. The molecule has 0 bridgehead atoms. The highest BCUT2D eigenvalue weighted by Gasteiger charge is 2.13. The molecule has 3 heterocycles. The fraction of sp³-hybridized carbons (Fsp3) is 0.0769. The van der Waals surface area contributed by atoms with Crippen LogP contribution in [0.5, 0.6) is 0 Å². The average Bonchev–Trinajstić information content (AvgIpc) is 3.10. The Morgan fingerprint density at radius 1 is 0.724 bits per heavy atom. The van der Waals surface area contributed by atoms with E-state index in [2.05, 4.69) is 72.3 Å². The first-order valence-corrected chi connectivity index (χ1v) is 9.66. The SMILES string of the molecule is Cc1ccnc(-c2cccc(-c3ccc4oc(-c5cccnc5)c(C)c4c3)c2)c1. The van der Waals surface area contributed by atoms with Gasteiger partial charge in [-0.1, -0.05) is 24.3 Å². The molecule has 0 N–H and O–H groups in total. The summed E-state index contributed by atoms with van der Waals surface area (Å²) in [5.41, 5.74) is 8.66. The van der Waals surface area contributed by atoms with Gasteiger partial charge in [0.25, 0.3) is 0 Å². The van der Waals surface area contributed by atoms with Crippen molar-refractivity contribution in [2.24, 2.45) is 0 Å². The van der Waals surface area contributed by atoms with Crippen LogP contribution in [0.15, 0.2) is 89.7 Å². The van der Waals surface area contributed by atoms with Gasteiger partial charge in [0.1, 0.15) is 11.3 Å². The number of hydrogen-bond donors (Lipinski definition) is 0.